The fourth-order valence-electron chi connectivity index (χ4n) is 3.24. The van der Waals surface area contributed by atoms with Crippen LogP contribution in [0.15, 0.2) is 42.5 Å². The molecule has 138 valence electrons. The zero-order chi connectivity index (χ0) is 19.4. The number of ketones is 1. The van der Waals surface area contributed by atoms with Gasteiger partial charge in [0.2, 0.25) is 0 Å². The van der Waals surface area contributed by atoms with Gasteiger partial charge < -0.3 is 9.80 Å². The maximum atomic E-state index is 12.7. The Hall–Kier alpha value is -2.84. The predicted molar refractivity (Wildman–Crippen MR) is 105 cm³/mol. The third kappa shape index (κ3) is 4.29. The van der Waals surface area contributed by atoms with E-state index in [1.54, 1.807) is 42.5 Å². The van der Waals surface area contributed by atoms with Crippen molar-refractivity contribution in [3.8, 4) is 6.07 Å². The molecule has 0 saturated carbocycles. The minimum Gasteiger partial charge on any atom is -0.369 e. The molecule has 0 aliphatic carbocycles. The van der Waals surface area contributed by atoms with E-state index < -0.39 is 0 Å². The quantitative estimate of drug-likeness (QED) is 0.759. The molecule has 1 amide bonds. The van der Waals surface area contributed by atoms with Crippen molar-refractivity contribution in [1.29, 1.82) is 5.26 Å². The highest BCUT2D eigenvalue weighted by molar-refractivity contribution is 6.30. The Balaban J connectivity index is 1.78. The summed E-state index contributed by atoms with van der Waals surface area (Å²) < 4.78 is 0. The molecule has 3 rings (SSSR count). The number of carbonyl (C=O) groups is 2. The molecular formula is C21H20ClN3O2. The van der Waals surface area contributed by atoms with Crippen LogP contribution in [0.25, 0.3) is 0 Å². The fourth-order valence-corrected chi connectivity index (χ4v) is 3.37. The Morgan fingerprint density at radius 2 is 1.70 bits per heavy atom. The molecule has 2 aromatic carbocycles. The molecule has 1 aliphatic heterocycles. The first-order valence-electron chi connectivity index (χ1n) is 8.84. The van der Waals surface area contributed by atoms with E-state index in [9.17, 15) is 14.9 Å². The number of benzene rings is 2. The molecule has 0 atom stereocenters. The van der Waals surface area contributed by atoms with E-state index in [-0.39, 0.29) is 11.7 Å². The third-order valence-corrected chi connectivity index (χ3v) is 4.99. The van der Waals surface area contributed by atoms with E-state index in [4.69, 9.17) is 11.6 Å². The van der Waals surface area contributed by atoms with Crippen molar-refractivity contribution in [2.24, 2.45) is 0 Å². The Bertz CT molecular complexity index is 903. The number of nitrogens with zero attached hydrogens (tertiary/aromatic N) is 3. The lowest BCUT2D eigenvalue weighted by Crippen LogP contribution is -2.35. The van der Waals surface area contributed by atoms with Gasteiger partial charge in [-0.05, 0) is 55.8 Å². The minimum absolute atomic E-state index is 0.0217. The van der Waals surface area contributed by atoms with Crippen molar-refractivity contribution in [2.45, 2.75) is 13.3 Å². The first-order chi connectivity index (χ1) is 13.0. The van der Waals surface area contributed by atoms with Gasteiger partial charge in [-0.2, -0.15) is 5.26 Å². The lowest BCUT2D eigenvalue weighted by molar-refractivity contribution is 0.0767. The van der Waals surface area contributed by atoms with Crippen LogP contribution in [0, 0.1) is 11.3 Å². The lowest BCUT2D eigenvalue weighted by Gasteiger charge is -2.25. The second-order valence-corrected chi connectivity index (χ2v) is 6.98. The van der Waals surface area contributed by atoms with Gasteiger partial charge in [-0.25, -0.2) is 0 Å². The summed E-state index contributed by atoms with van der Waals surface area (Å²) in [6.45, 7) is 4.04. The number of hydrogen-bond acceptors (Lipinski definition) is 4. The summed E-state index contributed by atoms with van der Waals surface area (Å²) in [5, 5.41) is 10.0. The molecule has 0 aromatic heterocycles. The van der Waals surface area contributed by atoms with Crippen LogP contribution >= 0.6 is 11.6 Å². The maximum Gasteiger partial charge on any atom is 0.253 e. The van der Waals surface area contributed by atoms with Gasteiger partial charge in [0.1, 0.15) is 6.07 Å². The van der Waals surface area contributed by atoms with Gasteiger partial charge in [-0.15, -0.1) is 0 Å². The van der Waals surface area contributed by atoms with Crippen molar-refractivity contribution >= 4 is 29.0 Å². The summed E-state index contributed by atoms with van der Waals surface area (Å²) in [5.41, 5.74) is 2.50. The van der Waals surface area contributed by atoms with Crippen molar-refractivity contribution in [2.75, 3.05) is 31.1 Å². The molecule has 2 aromatic rings. The molecule has 5 nitrogen and oxygen atoms in total. The molecule has 27 heavy (non-hydrogen) atoms. The van der Waals surface area contributed by atoms with Crippen LogP contribution < -0.4 is 4.90 Å². The number of carbonyl (C=O) groups excluding carboxylic acids is 2. The average molecular weight is 382 g/mol. The maximum absolute atomic E-state index is 12.7. The zero-order valence-electron chi connectivity index (χ0n) is 15.1. The molecule has 0 spiro atoms. The van der Waals surface area contributed by atoms with Crippen LogP contribution in [-0.2, 0) is 0 Å². The van der Waals surface area contributed by atoms with Crippen LogP contribution in [0.3, 0.4) is 0 Å². The van der Waals surface area contributed by atoms with Crippen LogP contribution in [0.5, 0.6) is 0 Å². The number of nitriles is 1. The van der Waals surface area contributed by atoms with Gasteiger partial charge in [0.15, 0.2) is 5.78 Å². The molecule has 0 bridgehead atoms. The average Bonchev–Trinajstić information content (AvgIpc) is 2.93. The first-order valence-corrected chi connectivity index (χ1v) is 9.22. The summed E-state index contributed by atoms with van der Waals surface area (Å²) in [6.07, 6.45) is 0.786. The van der Waals surface area contributed by atoms with E-state index in [2.05, 4.69) is 11.0 Å². The van der Waals surface area contributed by atoms with Crippen molar-refractivity contribution < 1.29 is 9.59 Å². The number of amides is 1. The summed E-state index contributed by atoms with van der Waals surface area (Å²) in [7, 11) is 0. The molecule has 1 heterocycles. The van der Waals surface area contributed by atoms with E-state index in [1.807, 2.05) is 4.90 Å². The normalized spacial score (nSPS) is 14.4. The Labute approximate surface area is 163 Å². The smallest absolute Gasteiger partial charge is 0.253 e. The van der Waals surface area contributed by atoms with E-state index in [1.165, 1.54) is 6.92 Å². The second-order valence-electron chi connectivity index (χ2n) is 6.54. The number of halogens is 1. The largest absolute Gasteiger partial charge is 0.369 e. The standard InChI is InChI=1S/C21H20ClN3O2/c1-15(26)17-3-4-18(14-23)20(13-17)24-9-2-10-25(12-11-24)21(27)16-5-7-19(22)8-6-16/h3-8,13H,2,9-12H2,1H3. The molecule has 6 heteroatoms. The number of rotatable bonds is 3. The Morgan fingerprint density at radius 3 is 2.37 bits per heavy atom. The first kappa shape index (κ1) is 18.9. The third-order valence-electron chi connectivity index (χ3n) is 4.74. The monoisotopic (exact) mass is 381 g/mol. The molecular weight excluding hydrogens is 362 g/mol. The summed E-state index contributed by atoms with van der Waals surface area (Å²) in [5.74, 6) is -0.0541. The zero-order valence-corrected chi connectivity index (χ0v) is 15.9. The lowest BCUT2D eigenvalue weighted by atomic mass is 10.1. The topological polar surface area (TPSA) is 64.4 Å². The summed E-state index contributed by atoms with van der Waals surface area (Å²) >= 11 is 5.90. The number of anilines is 1. The fraction of sp³-hybridized carbons (Fsp3) is 0.286. The highest BCUT2D eigenvalue weighted by Crippen LogP contribution is 2.24. The van der Waals surface area contributed by atoms with Gasteiger partial charge in [-0.1, -0.05) is 11.6 Å². The van der Waals surface area contributed by atoms with Crippen LogP contribution in [-0.4, -0.2) is 42.8 Å². The summed E-state index contributed by atoms with van der Waals surface area (Å²) in [6, 6.07) is 14.2. The van der Waals surface area contributed by atoms with Gasteiger partial charge in [0.25, 0.3) is 5.91 Å². The molecule has 0 N–H and O–H groups in total. The Kier molecular flexibility index (Phi) is 5.78. The number of hydrogen-bond donors (Lipinski definition) is 0. The Morgan fingerprint density at radius 1 is 1.00 bits per heavy atom. The highest BCUT2D eigenvalue weighted by atomic mass is 35.5. The van der Waals surface area contributed by atoms with E-state index >= 15 is 0 Å². The minimum atomic E-state index is -0.0323. The molecule has 0 radical (unpaired) electrons. The van der Waals surface area contributed by atoms with Crippen molar-refractivity contribution in [1.82, 2.24) is 4.90 Å². The molecule has 1 aliphatic rings. The van der Waals surface area contributed by atoms with Gasteiger partial charge in [-0.3, -0.25) is 9.59 Å². The van der Waals surface area contributed by atoms with Crippen LogP contribution in [0.4, 0.5) is 5.69 Å². The van der Waals surface area contributed by atoms with Gasteiger partial charge >= 0.3 is 0 Å². The van der Waals surface area contributed by atoms with Gasteiger partial charge in [0.05, 0.1) is 11.3 Å². The summed E-state index contributed by atoms with van der Waals surface area (Å²) in [4.78, 5) is 28.4. The molecule has 1 saturated heterocycles. The van der Waals surface area contributed by atoms with Crippen LogP contribution in [0.1, 0.15) is 39.6 Å². The van der Waals surface area contributed by atoms with Crippen molar-refractivity contribution in [3.63, 3.8) is 0 Å². The van der Waals surface area contributed by atoms with Crippen molar-refractivity contribution in [3.05, 3.63) is 64.2 Å². The SMILES string of the molecule is CC(=O)c1ccc(C#N)c(N2CCCN(C(=O)c3ccc(Cl)cc3)CC2)c1. The van der Waals surface area contributed by atoms with Gasteiger partial charge in [0, 0.05) is 42.3 Å². The number of Topliss-reactive ketones (excluding diaryl/α,β-unsaturated/α-hetero) is 1. The second kappa shape index (κ2) is 8.24. The highest BCUT2D eigenvalue weighted by Gasteiger charge is 2.22. The molecule has 1 fully saturated rings. The van der Waals surface area contributed by atoms with E-state index in [0.29, 0.717) is 41.3 Å². The predicted octanol–water partition coefficient (Wildman–Crippen LogP) is 3.77. The van der Waals surface area contributed by atoms with E-state index in [0.717, 1.165) is 18.7 Å². The van der Waals surface area contributed by atoms with Crippen LogP contribution in [0.2, 0.25) is 5.02 Å². The molecule has 0 unspecified atom stereocenters.